The fraction of sp³-hybridized carbons (Fsp3) is 0.556. The van der Waals surface area contributed by atoms with E-state index in [2.05, 4.69) is 0 Å². The van der Waals surface area contributed by atoms with Crippen LogP contribution in [0.3, 0.4) is 0 Å². The minimum absolute atomic E-state index is 0.0977. The van der Waals surface area contributed by atoms with E-state index in [1.165, 1.54) is 11.3 Å². The standard InChI is InChI=1S/C9H12F3NS/c10-9(11,12)4-1-2-8(13)7-3-5-14-6-7/h3,5-6,8H,1-2,4,13H2. The molecule has 80 valence electrons. The van der Waals surface area contributed by atoms with Crippen molar-refractivity contribution in [2.75, 3.05) is 0 Å². The maximum atomic E-state index is 11.8. The van der Waals surface area contributed by atoms with Gasteiger partial charge in [0.25, 0.3) is 0 Å². The van der Waals surface area contributed by atoms with Gasteiger partial charge >= 0.3 is 6.18 Å². The molecule has 0 amide bonds. The van der Waals surface area contributed by atoms with Gasteiger partial charge in [-0.05, 0) is 35.2 Å². The lowest BCUT2D eigenvalue weighted by molar-refractivity contribution is -0.135. The molecule has 0 saturated carbocycles. The molecule has 0 aromatic carbocycles. The number of thiophene rings is 1. The second kappa shape index (κ2) is 4.79. The van der Waals surface area contributed by atoms with Crippen molar-refractivity contribution in [3.8, 4) is 0 Å². The van der Waals surface area contributed by atoms with Gasteiger partial charge in [0.05, 0.1) is 0 Å². The van der Waals surface area contributed by atoms with E-state index in [4.69, 9.17) is 5.73 Å². The van der Waals surface area contributed by atoms with E-state index in [1.54, 1.807) is 0 Å². The van der Waals surface area contributed by atoms with E-state index in [0.717, 1.165) is 5.56 Å². The van der Waals surface area contributed by atoms with Gasteiger partial charge in [0.15, 0.2) is 0 Å². The highest BCUT2D eigenvalue weighted by Crippen LogP contribution is 2.25. The highest BCUT2D eigenvalue weighted by Gasteiger charge is 2.26. The topological polar surface area (TPSA) is 26.0 Å². The molecule has 0 radical (unpaired) electrons. The maximum Gasteiger partial charge on any atom is 0.389 e. The first-order valence-electron chi connectivity index (χ1n) is 4.33. The maximum absolute atomic E-state index is 11.8. The molecule has 14 heavy (non-hydrogen) atoms. The zero-order valence-electron chi connectivity index (χ0n) is 7.55. The Hall–Kier alpha value is -0.550. The van der Waals surface area contributed by atoms with Crippen LogP contribution in [0.15, 0.2) is 16.8 Å². The van der Waals surface area contributed by atoms with Gasteiger partial charge in [0.2, 0.25) is 0 Å². The monoisotopic (exact) mass is 223 g/mol. The lowest BCUT2D eigenvalue weighted by atomic mass is 10.1. The van der Waals surface area contributed by atoms with Gasteiger partial charge in [-0.25, -0.2) is 0 Å². The van der Waals surface area contributed by atoms with Gasteiger partial charge in [0.1, 0.15) is 0 Å². The normalized spacial score (nSPS) is 14.3. The van der Waals surface area contributed by atoms with Crippen LogP contribution in [0.2, 0.25) is 0 Å². The molecule has 0 bridgehead atoms. The Kier molecular flexibility index (Phi) is 3.95. The Balaban J connectivity index is 2.26. The molecule has 1 unspecified atom stereocenters. The summed E-state index contributed by atoms with van der Waals surface area (Å²) in [5.41, 5.74) is 6.64. The molecule has 1 rings (SSSR count). The molecule has 1 atom stereocenters. The zero-order valence-corrected chi connectivity index (χ0v) is 8.37. The number of halogens is 3. The summed E-state index contributed by atoms with van der Waals surface area (Å²) in [6.07, 6.45) is -4.32. The van der Waals surface area contributed by atoms with Gasteiger partial charge in [-0.15, -0.1) is 0 Å². The molecule has 0 saturated heterocycles. The van der Waals surface area contributed by atoms with E-state index in [1.807, 2.05) is 16.8 Å². The first-order chi connectivity index (χ1) is 6.49. The summed E-state index contributed by atoms with van der Waals surface area (Å²) >= 11 is 1.50. The van der Waals surface area contributed by atoms with Crippen LogP contribution in [0, 0.1) is 0 Å². The summed E-state index contributed by atoms with van der Waals surface area (Å²) in [4.78, 5) is 0. The van der Waals surface area contributed by atoms with Crippen LogP contribution in [0.4, 0.5) is 13.2 Å². The summed E-state index contributed by atoms with van der Waals surface area (Å²) in [6.45, 7) is 0. The predicted molar refractivity (Wildman–Crippen MR) is 51.2 cm³/mol. The van der Waals surface area contributed by atoms with Crippen LogP contribution in [-0.4, -0.2) is 6.18 Å². The minimum atomic E-state index is -4.06. The smallest absolute Gasteiger partial charge is 0.324 e. The molecule has 0 aliphatic heterocycles. The van der Waals surface area contributed by atoms with E-state index < -0.39 is 12.6 Å². The Bertz CT molecular complexity index is 256. The van der Waals surface area contributed by atoms with Gasteiger partial charge in [-0.3, -0.25) is 0 Å². The number of nitrogens with two attached hydrogens (primary N) is 1. The molecule has 1 aromatic rings. The third-order valence-corrected chi connectivity index (χ3v) is 2.65. The van der Waals surface area contributed by atoms with E-state index in [-0.39, 0.29) is 12.5 Å². The third-order valence-electron chi connectivity index (χ3n) is 1.95. The fourth-order valence-electron chi connectivity index (χ4n) is 1.18. The van der Waals surface area contributed by atoms with Crippen molar-refractivity contribution in [1.82, 2.24) is 0 Å². The highest BCUT2D eigenvalue weighted by molar-refractivity contribution is 7.07. The van der Waals surface area contributed by atoms with Gasteiger partial charge in [-0.2, -0.15) is 24.5 Å². The Morgan fingerprint density at radius 1 is 1.43 bits per heavy atom. The number of hydrogen-bond donors (Lipinski definition) is 1. The second-order valence-corrected chi connectivity index (χ2v) is 3.95. The molecule has 1 nitrogen and oxygen atoms in total. The van der Waals surface area contributed by atoms with Crippen molar-refractivity contribution in [3.05, 3.63) is 22.4 Å². The number of hydrogen-bond acceptors (Lipinski definition) is 2. The summed E-state index contributed by atoms with van der Waals surface area (Å²) in [5.74, 6) is 0. The van der Waals surface area contributed by atoms with Crippen LogP contribution in [0.5, 0.6) is 0 Å². The van der Waals surface area contributed by atoms with Gasteiger partial charge < -0.3 is 5.73 Å². The lowest BCUT2D eigenvalue weighted by Crippen LogP contribution is -2.12. The summed E-state index contributed by atoms with van der Waals surface area (Å²) in [6, 6.07) is 1.59. The van der Waals surface area contributed by atoms with Crippen molar-refractivity contribution in [2.45, 2.75) is 31.5 Å². The Morgan fingerprint density at radius 2 is 2.14 bits per heavy atom. The van der Waals surface area contributed by atoms with Crippen molar-refractivity contribution < 1.29 is 13.2 Å². The quantitative estimate of drug-likeness (QED) is 0.830. The van der Waals surface area contributed by atoms with Gasteiger partial charge in [0, 0.05) is 12.5 Å². The van der Waals surface area contributed by atoms with E-state index in [9.17, 15) is 13.2 Å². The van der Waals surface area contributed by atoms with Crippen molar-refractivity contribution in [1.29, 1.82) is 0 Å². The molecular formula is C9H12F3NS. The van der Waals surface area contributed by atoms with E-state index in [0.29, 0.717) is 6.42 Å². The average Bonchev–Trinajstić information content (AvgIpc) is 2.53. The molecule has 1 aromatic heterocycles. The van der Waals surface area contributed by atoms with Crippen molar-refractivity contribution in [3.63, 3.8) is 0 Å². The molecule has 0 spiro atoms. The van der Waals surface area contributed by atoms with Crippen LogP contribution >= 0.6 is 11.3 Å². The Morgan fingerprint density at radius 3 is 2.64 bits per heavy atom. The first kappa shape index (κ1) is 11.5. The van der Waals surface area contributed by atoms with Crippen LogP contribution in [0.1, 0.15) is 30.9 Å². The fourth-order valence-corrected chi connectivity index (χ4v) is 1.90. The SMILES string of the molecule is NC(CCCC(F)(F)F)c1ccsc1. The van der Waals surface area contributed by atoms with Crippen LogP contribution in [0.25, 0.3) is 0 Å². The lowest BCUT2D eigenvalue weighted by Gasteiger charge is -2.10. The predicted octanol–water partition coefficient (Wildman–Crippen LogP) is 3.48. The van der Waals surface area contributed by atoms with Gasteiger partial charge in [-0.1, -0.05) is 0 Å². The Labute approximate surface area is 84.7 Å². The summed E-state index contributed by atoms with van der Waals surface area (Å²) in [7, 11) is 0. The molecule has 2 N–H and O–H groups in total. The minimum Gasteiger partial charge on any atom is -0.324 e. The zero-order chi connectivity index (χ0) is 10.6. The summed E-state index contributed by atoms with van der Waals surface area (Å²) < 4.78 is 35.4. The number of alkyl halides is 3. The third kappa shape index (κ3) is 4.11. The molecule has 0 fully saturated rings. The molecule has 5 heteroatoms. The van der Waals surface area contributed by atoms with Crippen molar-refractivity contribution in [2.24, 2.45) is 5.73 Å². The first-order valence-corrected chi connectivity index (χ1v) is 5.28. The van der Waals surface area contributed by atoms with Crippen LogP contribution < -0.4 is 5.73 Å². The molecule has 0 aliphatic carbocycles. The molecule has 1 heterocycles. The largest absolute Gasteiger partial charge is 0.389 e. The highest BCUT2D eigenvalue weighted by atomic mass is 32.1. The summed E-state index contributed by atoms with van der Waals surface area (Å²) in [5, 5.41) is 3.75. The van der Waals surface area contributed by atoms with Crippen molar-refractivity contribution >= 4 is 11.3 Å². The molecule has 0 aliphatic rings. The number of rotatable bonds is 4. The average molecular weight is 223 g/mol. The van der Waals surface area contributed by atoms with E-state index >= 15 is 0 Å². The molecular weight excluding hydrogens is 211 g/mol. The van der Waals surface area contributed by atoms with Crippen LogP contribution in [-0.2, 0) is 0 Å². The second-order valence-electron chi connectivity index (χ2n) is 3.17.